The van der Waals surface area contributed by atoms with Gasteiger partial charge >= 0.3 is 0 Å². The third-order valence-corrected chi connectivity index (χ3v) is 3.15. The second kappa shape index (κ2) is 5.18. The molecule has 0 aliphatic heterocycles. The Bertz CT molecular complexity index is 478. The van der Waals surface area contributed by atoms with Gasteiger partial charge in [0.1, 0.15) is 0 Å². The van der Waals surface area contributed by atoms with Crippen molar-refractivity contribution in [1.82, 2.24) is 0 Å². The van der Waals surface area contributed by atoms with E-state index in [1.807, 2.05) is 0 Å². The third-order valence-electron chi connectivity index (χ3n) is 3.15. The summed E-state index contributed by atoms with van der Waals surface area (Å²) in [5.74, 6) is 0.605. The summed E-state index contributed by atoms with van der Waals surface area (Å²) in [7, 11) is 0. The first-order valence-corrected chi connectivity index (χ1v) is 6.29. The molecule has 0 aliphatic carbocycles. The fraction of sp³-hybridized carbons (Fsp3) is 0.294. The van der Waals surface area contributed by atoms with Crippen LogP contribution in [0.5, 0.6) is 0 Å². The van der Waals surface area contributed by atoms with Crippen molar-refractivity contribution in [3.05, 3.63) is 70.8 Å². The Morgan fingerprint density at radius 2 is 1.59 bits per heavy atom. The molecule has 0 aromatic heterocycles. The van der Waals surface area contributed by atoms with Crippen LogP contribution in [0.15, 0.2) is 48.5 Å². The molecule has 2 aromatic rings. The quantitative estimate of drug-likeness (QED) is 0.708. The normalized spacial score (nSPS) is 10.8. The van der Waals surface area contributed by atoms with Crippen molar-refractivity contribution in [1.29, 1.82) is 0 Å². The molecule has 0 atom stereocenters. The molecule has 2 aromatic carbocycles. The second-order valence-electron chi connectivity index (χ2n) is 5.06. The number of benzene rings is 2. The molecule has 0 saturated heterocycles. The Morgan fingerprint density at radius 3 is 2.24 bits per heavy atom. The molecule has 0 bridgehead atoms. The van der Waals surface area contributed by atoms with Crippen molar-refractivity contribution < 1.29 is 0 Å². The molecule has 88 valence electrons. The molecule has 0 heterocycles. The SMILES string of the molecule is Cc1ccc(Cc2cccc(C(C)C)c2)cc1. The highest BCUT2D eigenvalue weighted by molar-refractivity contribution is 5.31. The number of hydrogen-bond acceptors (Lipinski definition) is 0. The van der Waals surface area contributed by atoms with E-state index in [9.17, 15) is 0 Å². The fourth-order valence-corrected chi connectivity index (χ4v) is 2.00. The van der Waals surface area contributed by atoms with Crippen LogP contribution in [0.1, 0.15) is 42.0 Å². The molecule has 0 amide bonds. The van der Waals surface area contributed by atoms with Gasteiger partial charge in [0.2, 0.25) is 0 Å². The minimum atomic E-state index is 0.605. The molecule has 0 heteroatoms. The molecule has 0 radical (unpaired) electrons. The summed E-state index contributed by atoms with van der Waals surface area (Å²) in [6.07, 6.45) is 1.03. The van der Waals surface area contributed by atoms with E-state index < -0.39 is 0 Å². The summed E-state index contributed by atoms with van der Waals surface area (Å²) in [6.45, 7) is 6.61. The van der Waals surface area contributed by atoms with Gasteiger partial charge in [0, 0.05) is 0 Å². The average molecular weight is 224 g/mol. The smallest absolute Gasteiger partial charge is 0.00257 e. The van der Waals surface area contributed by atoms with Crippen LogP contribution < -0.4 is 0 Å². The minimum absolute atomic E-state index is 0.605. The van der Waals surface area contributed by atoms with Crippen LogP contribution in [-0.2, 0) is 6.42 Å². The summed E-state index contributed by atoms with van der Waals surface area (Å²) >= 11 is 0. The van der Waals surface area contributed by atoms with Crippen LogP contribution in [-0.4, -0.2) is 0 Å². The third kappa shape index (κ3) is 3.20. The van der Waals surface area contributed by atoms with E-state index in [0.29, 0.717) is 5.92 Å². The van der Waals surface area contributed by atoms with Crippen molar-refractivity contribution in [2.45, 2.75) is 33.1 Å². The fourth-order valence-electron chi connectivity index (χ4n) is 2.00. The van der Waals surface area contributed by atoms with Gasteiger partial charge in [-0.1, -0.05) is 67.9 Å². The first kappa shape index (κ1) is 11.9. The summed E-state index contributed by atoms with van der Waals surface area (Å²) in [4.78, 5) is 0. The van der Waals surface area contributed by atoms with E-state index in [-0.39, 0.29) is 0 Å². The van der Waals surface area contributed by atoms with Gasteiger partial charge in [-0.2, -0.15) is 0 Å². The van der Waals surface area contributed by atoms with Gasteiger partial charge in [-0.25, -0.2) is 0 Å². The molecular weight excluding hydrogens is 204 g/mol. The first-order chi connectivity index (χ1) is 8.15. The van der Waals surface area contributed by atoms with E-state index in [2.05, 4.69) is 69.3 Å². The number of aryl methyl sites for hydroxylation is 1. The average Bonchev–Trinajstić information content (AvgIpc) is 2.32. The molecule has 0 spiro atoms. The molecule has 0 aliphatic rings. The highest BCUT2D eigenvalue weighted by atomic mass is 14.1. The van der Waals surface area contributed by atoms with Crippen molar-refractivity contribution in [2.75, 3.05) is 0 Å². The van der Waals surface area contributed by atoms with Crippen LogP contribution in [0, 0.1) is 6.92 Å². The zero-order chi connectivity index (χ0) is 12.3. The van der Waals surface area contributed by atoms with Gasteiger partial charge in [-0.15, -0.1) is 0 Å². The predicted octanol–water partition coefficient (Wildman–Crippen LogP) is 4.71. The largest absolute Gasteiger partial charge is 0.0617 e. The standard InChI is InChI=1S/C17H20/c1-13(2)17-6-4-5-16(12-17)11-15-9-7-14(3)8-10-15/h4-10,12-13H,11H2,1-3H3. The zero-order valence-corrected chi connectivity index (χ0v) is 10.9. The van der Waals surface area contributed by atoms with Gasteiger partial charge < -0.3 is 0 Å². The molecular formula is C17H20. The maximum Gasteiger partial charge on any atom is -0.00257 e. The lowest BCUT2D eigenvalue weighted by molar-refractivity contribution is 0.863. The van der Waals surface area contributed by atoms with Crippen molar-refractivity contribution >= 4 is 0 Å². The second-order valence-corrected chi connectivity index (χ2v) is 5.06. The van der Waals surface area contributed by atoms with Crippen molar-refractivity contribution in [3.63, 3.8) is 0 Å². The minimum Gasteiger partial charge on any atom is -0.0617 e. The molecule has 0 N–H and O–H groups in total. The van der Waals surface area contributed by atoms with E-state index in [4.69, 9.17) is 0 Å². The topological polar surface area (TPSA) is 0 Å². The van der Waals surface area contributed by atoms with Crippen LogP contribution in [0.4, 0.5) is 0 Å². The lowest BCUT2D eigenvalue weighted by atomic mass is 9.97. The summed E-state index contributed by atoms with van der Waals surface area (Å²) in [6, 6.07) is 17.7. The lowest BCUT2D eigenvalue weighted by Crippen LogP contribution is -1.92. The number of hydrogen-bond donors (Lipinski definition) is 0. The van der Waals surface area contributed by atoms with E-state index in [1.54, 1.807) is 0 Å². The lowest BCUT2D eigenvalue weighted by Gasteiger charge is -2.08. The van der Waals surface area contributed by atoms with Gasteiger partial charge in [-0.3, -0.25) is 0 Å². The highest BCUT2D eigenvalue weighted by Crippen LogP contribution is 2.18. The monoisotopic (exact) mass is 224 g/mol. The summed E-state index contributed by atoms with van der Waals surface area (Å²) in [5, 5.41) is 0. The Morgan fingerprint density at radius 1 is 0.882 bits per heavy atom. The number of rotatable bonds is 3. The van der Waals surface area contributed by atoms with Crippen molar-refractivity contribution in [3.8, 4) is 0 Å². The summed E-state index contributed by atoms with van der Waals surface area (Å²) in [5.41, 5.74) is 5.54. The maximum atomic E-state index is 2.32. The maximum absolute atomic E-state index is 2.32. The molecule has 0 unspecified atom stereocenters. The zero-order valence-electron chi connectivity index (χ0n) is 10.9. The van der Waals surface area contributed by atoms with E-state index in [1.165, 1.54) is 22.3 Å². The molecule has 0 fully saturated rings. The van der Waals surface area contributed by atoms with E-state index >= 15 is 0 Å². The van der Waals surface area contributed by atoms with Gasteiger partial charge in [0.25, 0.3) is 0 Å². The highest BCUT2D eigenvalue weighted by Gasteiger charge is 2.01. The Balaban J connectivity index is 2.18. The Hall–Kier alpha value is -1.56. The molecule has 0 saturated carbocycles. The van der Waals surface area contributed by atoms with Gasteiger partial charge in [0.15, 0.2) is 0 Å². The predicted molar refractivity (Wildman–Crippen MR) is 74.5 cm³/mol. The van der Waals surface area contributed by atoms with E-state index in [0.717, 1.165) is 6.42 Å². The van der Waals surface area contributed by atoms with Crippen LogP contribution in [0.3, 0.4) is 0 Å². The van der Waals surface area contributed by atoms with Crippen LogP contribution >= 0.6 is 0 Å². The van der Waals surface area contributed by atoms with Crippen LogP contribution in [0.25, 0.3) is 0 Å². The Kier molecular flexibility index (Phi) is 3.63. The molecule has 17 heavy (non-hydrogen) atoms. The molecule has 2 rings (SSSR count). The van der Waals surface area contributed by atoms with Gasteiger partial charge in [-0.05, 0) is 36.0 Å². The molecule has 0 nitrogen and oxygen atoms in total. The first-order valence-electron chi connectivity index (χ1n) is 6.29. The summed E-state index contributed by atoms with van der Waals surface area (Å²) < 4.78 is 0. The van der Waals surface area contributed by atoms with Gasteiger partial charge in [0.05, 0.1) is 0 Å². The Labute approximate surface area is 104 Å². The van der Waals surface area contributed by atoms with Crippen molar-refractivity contribution in [2.24, 2.45) is 0 Å². The van der Waals surface area contributed by atoms with Crippen LogP contribution in [0.2, 0.25) is 0 Å².